The maximum atomic E-state index is 5.14. The Labute approximate surface area is 46.7 Å². The number of nitrogens with two attached hydrogens (primary N) is 1. The van der Waals surface area contributed by atoms with Crippen molar-refractivity contribution in [3.8, 4) is 0 Å². The largest absolute Gasteiger partial charge is 0.365 e. The van der Waals surface area contributed by atoms with Gasteiger partial charge in [0.25, 0.3) is 5.95 Å². The molecule has 0 spiro atoms. The van der Waals surface area contributed by atoms with Gasteiger partial charge in [0.1, 0.15) is 0 Å². The second kappa shape index (κ2) is 1.81. The summed E-state index contributed by atoms with van der Waals surface area (Å²) in [6, 6.07) is 0. The fraction of sp³-hybridized carbons (Fsp3) is 0.500. The van der Waals surface area contributed by atoms with Crippen LogP contribution in [0.3, 0.4) is 0 Å². The van der Waals surface area contributed by atoms with Crippen LogP contribution in [0.4, 0.5) is 5.95 Å². The first-order chi connectivity index (χ1) is 3.83. The number of hydrogen-bond acceptors (Lipinski definition) is 4. The van der Waals surface area contributed by atoms with E-state index < -0.39 is 0 Å². The van der Waals surface area contributed by atoms with Gasteiger partial charge in [-0.25, -0.2) is 0 Å². The summed E-state index contributed by atoms with van der Waals surface area (Å²) < 4.78 is 4.63. The number of aromatic nitrogens is 2. The maximum absolute atomic E-state index is 5.14. The lowest BCUT2D eigenvalue weighted by Crippen LogP contribution is -1.85. The van der Waals surface area contributed by atoms with E-state index in [0.717, 1.165) is 6.42 Å². The summed E-state index contributed by atoms with van der Waals surface area (Å²) in [7, 11) is 0. The summed E-state index contributed by atoms with van der Waals surface area (Å²) in [6.07, 6.45) is 0.740. The van der Waals surface area contributed by atoms with Gasteiger partial charge in [0.05, 0.1) is 0 Å². The zero-order valence-electron chi connectivity index (χ0n) is 4.59. The molecule has 0 fully saturated rings. The highest BCUT2D eigenvalue weighted by Crippen LogP contribution is 1.96. The number of rotatable bonds is 1. The van der Waals surface area contributed by atoms with Gasteiger partial charge in [-0.15, -0.1) is 0 Å². The molecule has 0 amide bonds. The molecule has 44 valence electrons. The zero-order valence-corrected chi connectivity index (χ0v) is 4.59. The number of anilines is 1. The van der Waals surface area contributed by atoms with Gasteiger partial charge in [0, 0.05) is 6.42 Å². The number of aryl methyl sites for hydroxylation is 1. The third-order valence-corrected chi connectivity index (χ3v) is 0.786. The molecule has 1 heterocycles. The fourth-order valence-corrected chi connectivity index (χ4v) is 0.412. The summed E-state index contributed by atoms with van der Waals surface area (Å²) in [5.74, 6) is 0.796. The van der Waals surface area contributed by atoms with Crippen LogP contribution in [0.15, 0.2) is 4.52 Å². The molecule has 0 saturated heterocycles. The molecule has 4 nitrogen and oxygen atoms in total. The van der Waals surface area contributed by atoms with E-state index >= 15 is 0 Å². The monoisotopic (exact) mass is 113 g/mol. The lowest BCUT2D eigenvalue weighted by molar-refractivity contribution is 0.383. The molecule has 0 aromatic carbocycles. The average molecular weight is 113 g/mol. The molecule has 0 aliphatic heterocycles. The van der Waals surface area contributed by atoms with Crippen molar-refractivity contribution in [2.24, 2.45) is 0 Å². The predicted octanol–water partition coefficient (Wildman–Crippen LogP) is 0.214. The van der Waals surface area contributed by atoms with Crippen molar-refractivity contribution in [2.45, 2.75) is 13.3 Å². The van der Waals surface area contributed by atoms with Crippen LogP contribution in [0.25, 0.3) is 0 Å². The van der Waals surface area contributed by atoms with Gasteiger partial charge in [0.2, 0.25) is 5.89 Å². The van der Waals surface area contributed by atoms with Gasteiger partial charge >= 0.3 is 0 Å². The molecule has 4 heteroatoms. The van der Waals surface area contributed by atoms with Gasteiger partial charge in [-0.2, -0.15) is 4.98 Å². The summed E-state index contributed by atoms with van der Waals surface area (Å²) in [5.41, 5.74) is 5.14. The molecular formula is C4H7N3O. The minimum absolute atomic E-state index is 0.210. The van der Waals surface area contributed by atoms with Gasteiger partial charge in [0.15, 0.2) is 0 Å². The van der Waals surface area contributed by atoms with Crippen molar-refractivity contribution in [1.29, 1.82) is 0 Å². The molecule has 0 bridgehead atoms. The van der Waals surface area contributed by atoms with Crippen LogP contribution in [0.2, 0.25) is 0 Å². The Morgan fingerprint density at radius 1 is 1.75 bits per heavy atom. The summed E-state index contributed by atoms with van der Waals surface area (Å²) in [4.78, 5) is 3.73. The first-order valence-electron chi connectivity index (χ1n) is 2.41. The van der Waals surface area contributed by atoms with Crippen LogP contribution in [0, 0.1) is 0 Å². The second-order valence-corrected chi connectivity index (χ2v) is 1.40. The first-order valence-corrected chi connectivity index (χ1v) is 2.41. The van der Waals surface area contributed by atoms with Crippen LogP contribution in [-0.2, 0) is 6.42 Å². The molecule has 0 radical (unpaired) electrons. The van der Waals surface area contributed by atoms with Crippen molar-refractivity contribution in [1.82, 2.24) is 10.1 Å². The Kier molecular flexibility index (Phi) is 1.15. The molecule has 0 unspecified atom stereocenters. The first kappa shape index (κ1) is 5.08. The van der Waals surface area contributed by atoms with Crippen molar-refractivity contribution < 1.29 is 4.52 Å². The quantitative estimate of drug-likeness (QED) is 0.565. The van der Waals surface area contributed by atoms with Gasteiger partial charge in [-0.3, -0.25) is 0 Å². The van der Waals surface area contributed by atoms with Crippen molar-refractivity contribution in [3.63, 3.8) is 0 Å². The lowest BCUT2D eigenvalue weighted by Gasteiger charge is -1.74. The van der Waals surface area contributed by atoms with Gasteiger partial charge in [-0.05, 0) is 5.16 Å². The van der Waals surface area contributed by atoms with Crippen LogP contribution in [0.5, 0.6) is 0 Å². The fourth-order valence-electron chi connectivity index (χ4n) is 0.412. The second-order valence-electron chi connectivity index (χ2n) is 1.40. The van der Waals surface area contributed by atoms with E-state index in [0.29, 0.717) is 5.89 Å². The Hall–Kier alpha value is -1.06. The molecule has 2 N–H and O–H groups in total. The third kappa shape index (κ3) is 0.776. The minimum atomic E-state index is 0.210. The van der Waals surface area contributed by atoms with Crippen LogP contribution >= 0.6 is 0 Å². The van der Waals surface area contributed by atoms with Crippen molar-refractivity contribution in [2.75, 3.05) is 5.73 Å². The Morgan fingerprint density at radius 3 is 2.75 bits per heavy atom. The maximum Gasteiger partial charge on any atom is 0.260 e. The van der Waals surface area contributed by atoms with E-state index in [9.17, 15) is 0 Å². The normalized spacial score (nSPS) is 9.62. The van der Waals surface area contributed by atoms with E-state index in [-0.39, 0.29) is 5.95 Å². The van der Waals surface area contributed by atoms with E-state index in [1.54, 1.807) is 0 Å². The number of nitrogen functional groups attached to an aromatic ring is 1. The molecule has 0 aliphatic carbocycles. The van der Waals surface area contributed by atoms with Crippen molar-refractivity contribution >= 4 is 5.95 Å². The highest BCUT2D eigenvalue weighted by Gasteiger charge is 1.96. The Bertz CT molecular complexity index is 172. The lowest BCUT2D eigenvalue weighted by atomic mass is 10.5. The standard InChI is InChI=1S/C4H7N3O/c1-2-3-6-4(5)7-8-3/h2H2,1H3,(H2,5,7). The highest BCUT2D eigenvalue weighted by atomic mass is 16.5. The van der Waals surface area contributed by atoms with Crippen molar-refractivity contribution in [3.05, 3.63) is 5.89 Å². The van der Waals surface area contributed by atoms with Crippen LogP contribution in [-0.4, -0.2) is 10.1 Å². The molecule has 8 heavy (non-hydrogen) atoms. The Balaban J connectivity index is 2.84. The SMILES string of the molecule is CCc1nc(N)no1. The molecule has 0 saturated carbocycles. The topological polar surface area (TPSA) is 64.9 Å². The average Bonchev–Trinajstić information content (AvgIpc) is 2.14. The molecule has 0 atom stereocenters. The third-order valence-electron chi connectivity index (χ3n) is 0.786. The molecule has 0 aliphatic rings. The Morgan fingerprint density at radius 2 is 2.50 bits per heavy atom. The van der Waals surface area contributed by atoms with E-state index in [4.69, 9.17) is 5.73 Å². The molecule has 1 aromatic rings. The summed E-state index contributed by atoms with van der Waals surface area (Å²) in [5, 5.41) is 3.38. The summed E-state index contributed by atoms with van der Waals surface area (Å²) in [6.45, 7) is 1.92. The molecular weight excluding hydrogens is 106 g/mol. The van der Waals surface area contributed by atoms with E-state index in [2.05, 4.69) is 14.7 Å². The smallest absolute Gasteiger partial charge is 0.260 e. The molecule has 1 rings (SSSR count). The zero-order chi connectivity index (χ0) is 5.98. The van der Waals surface area contributed by atoms with E-state index in [1.165, 1.54) is 0 Å². The van der Waals surface area contributed by atoms with Crippen LogP contribution < -0.4 is 5.73 Å². The van der Waals surface area contributed by atoms with E-state index in [1.807, 2.05) is 6.92 Å². The molecule has 1 aromatic heterocycles. The van der Waals surface area contributed by atoms with Gasteiger partial charge < -0.3 is 10.3 Å². The summed E-state index contributed by atoms with van der Waals surface area (Å²) >= 11 is 0. The van der Waals surface area contributed by atoms with Gasteiger partial charge in [-0.1, -0.05) is 6.92 Å². The minimum Gasteiger partial charge on any atom is -0.365 e. The highest BCUT2D eigenvalue weighted by molar-refractivity contribution is 5.09. The number of nitrogens with zero attached hydrogens (tertiary/aromatic N) is 2. The van der Waals surface area contributed by atoms with Crippen LogP contribution in [0.1, 0.15) is 12.8 Å². The number of hydrogen-bond donors (Lipinski definition) is 1. The predicted molar refractivity (Wildman–Crippen MR) is 28.1 cm³/mol.